The van der Waals surface area contributed by atoms with E-state index in [1.165, 1.54) is 7.11 Å². The summed E-state index contributed by atoms with van der Waals surface area (Å²) in [5.41, 5.74) is 3.31. The van der Waals surface area contributed by atoms with E-state index in [-0.39, 0.29) is 18.2 Å². The van der Waals surface area contributed by atoms with E-state index in [0.29, 0.717) is 32.1 Å². The number of hydrogen-bond acceptors (Lipinski definition) is 5. The first-order valence-corrected chi connectivity index (χ1v) is 11.0. The van der Waals surface area contributed by atoms with Crippen molar-refractivity contribution in [2.45, 2.75) is 13.5 Å². The molecule has 1 aliphatic rings. The van der Waals surface area contributed by atoms with E-state index < -0.39 is 5.97 Å². The minimum absolute atomic E-state index is 0.163. The second kappa shape index (κ2) is 9.87. The molecular weight excluding hydrogens is 485 g/mol. The van der Waals surface area contributed by atoms with Crippen LogP contribution in [0.1, 0.15) is 22.3 Å². The fourth-order valence-corrected chi connectivity index (χ4v) is 3.84. The predicted octanol–water partition coefficient (Wildman–Crippen LogP) is 6.89. The Bertz CT molecular complexity index is 1300. The first-order valence-electron chi connectivity index (χ1n) is 9.88. The summed E-state index contributed by atoms with van der Waals surface area (Å²) in [6.07, 6.45) is 1.59. The monoisotopic (exact) mass is 501 g/mol. The van der Waals surface area contributed by atoms with Gasteiger partial charge in [0.2, 0.25) is 5.90 Å². The molecule has 0 saturated carbocycles. The average molecular weight is 503 g/mol. The molecule has 3 aromatic rings. The number of nitrogens with zero attached hydrogens (tertiary/aromatic N) is 1. The standard InChI is InChI=1S/C25H18Cl3NO4/c1-14-5-3-4-6-17(14)24-29-21(25(30)33-24)11-16-10-20(28)23(22(12-16)31-2)32-13-15-7-8-18(26)19(27)9-15/h3-12H,13H2,1-2H3/b21-11-. The second-order valence-corrected chi connectivity index (χ2v) is 8.44. The Morgan fingerprint density at radius 1 is 1.00 bits per heavy atom. The number of aryl methyl sites for hydroxylation is 1. The largest absolute Gasteiger partial charge is 0.493 e. The summed E-state index contributed by atoms with van der Waals surface area (Å²) < 4.78 is 16.7. The van der Waals surface area contributed by atoms with Gasteiger partial charge in [0.25, 0.3) is 0 Å². The lowest BCUT2D eigenvalue weighted by Crippen LogP contribution is -2.06. The highest BCUT2D eigenvalue weighted by Crippen LogP contribution is 2.38. The fraction of sp³-hybridized carbons (Fsp3) is 0.120. The van der Waals surface area contributed by atoms with E-state index in [1.807, 2.05) is 37.3 Å². The third-order valence-electron chi connectivity index (χ3n) is 4.92. The van der Waals surface area contributed by atoms with E-state index in [2.05, 4.69) is 4.99 Å². The average Bonchev–Trinajstić information content (AvgIpc) is 3.15. The highest BCUT2D eigenvalue weighted by molar-refractivity contribution is 6.42. The normalized spacial score (nSPS) is 14.3. The summed E-state index contributed by atoms with van der Waals surface area (Å²) in [6.45, 7) is 2.14. The number of cyclic esters (lactones) is 1. The van der Waals surface area contributed by atoms with Crippen LogP contribution in [0.25, 0.3) is 6.08 Å². The number of carbonyl (C=O) groups excluding carboxylic acids is 1. The zero-order valence-corrected chi connectivity index (χ0v) is 20.0. The molecule has 0 amide bonds. The lowest BCUT2D eigenvalue weighted by molar-refractivity contribution is -0.129. The van der Waals surface area contributed by atoms with Gasteiger partial charge in [0, 0.05) is 5.56 Å². The van der Waals surface area contributed by atoms with Gasteiger partial charge in [0.05, 0.1) is 22.2 Å². The first kappa shape index (κ1) is 23.2. The summed E-state index contributed by atoms with van der Waals surface area (Å²) in [5, 5.41) is 1.22. The van der Waals surface area contributed by atoms with Crippen molar-refractivity contribution in [3.05, 3.63) is 97.6 Å². The minimum Gasteiger partial charge on any atom is -0.493 e. The predicted molar refractivity (Wildman–Crippen MR) is 131 cm³/mol. The molecule has 1 aliphatic heterocycles. The Morgan fingerprint density at radius 2 is 1.79 bits per heavy atom. The van der Waals surface area contributed by atoms with Crippen LogP contribution in [0.2, 0.25) is 15.1 Å². The molecule has 4 rings (SSSR count). The summed E-state index contributed by atoms with van der Waals surface area (Å²) in [7, 11) is 1.51. The van der Waals surface area contributed by atoms with E-state index >= 15 is 0 Å². The van der Waals surface area contributed by atoms with Gasteiger partial charge in [-0.3, -0.25) is 0 Å². The van der Waals surface area contributed by atoms with Crippen molar-refractivity contribution in [1.82, 2.24) is 0 Å². The molecule has 0 unspecified atom stereocenters. The smallest absolute Gasteiger partial charge is 0.363 e. The molecule has 0 aromatic heterocycles. The van der Waals surface area contributed by atoms with Crippen molar-refractivity contribution in [1.29, 1.82) is 0 Å². The Labute approximate surface area is 206 Å². The van der Waals surface area contributed by atoms with Gasteiger partial charge >= 0.3 is 5.97 Å². The van der Waals surface area contributed by atoms with Crippen LogP contribution < -0.4 is 9.47 Å². The second-order valence-electron chi connectivity index (χ2n) is 7.22. The van der Waals surface area contributed by atoms with Crippen molar-refractivity contribution in [3.63, 3.8) is 0 Å². The summed E-state index contributed by atoms with van der Waals surface area (Å²) in [6, 6.07) is 16.1. The number of ether oxygens (including phenoxy) is 3. The molecule has 0 saturated heterocycles. The van der Waals surface area contributed by atoms with Gasteiger partial charge in [-0.15, -0.1) is 0 Å². The molecule has 0 spiro atoms. The van der Waals surface area contributed by atoms with Gasteiger partial charge in [0.1, 0.15) is 6.61 Å². The highest BCUT2D eigenvalue weighted by Gasteiger charge is 2.25. The number of halogens is 3. The molecule has 168 valence electrons. The number of carbonyl (C=O) groups is 1. The SMILES string of the molecule is COc1cc(/C=C2\N=C(c3ccccc3C)OC2=O)cc(Cl)c1OCc1ccc(Cl)c(Cl)c1. The van der Waals surface area contributed by atoms with Crippen molar-refractivity contribution in [3.8, 4) is 11.5 Å². The van der Waals surface area contributed by atoms with Crippen molar-refractivity contribution >= 4 is 52.7 Å². The molecular formula is C25H18Cl3NO4. The van der Waals surface area contributed by atoms with Gasteiger partial charge < -0.3 is 14.2 Å². The van der Waals surface area contributed by atoms with Crippen LogP contribution >= 0.6 is 34.8 Å². The minimum atomic E-state index is -0.539. The first-order chi connectivity index (χ1) is 15.9. The molecule has 1 heterocycles. The number of esters is 1. The lowest BCUT2D eigenvalue weighted by atomic mass is 10.1. The van der Waals surface area contributed by atoms with Crippen molar-refractivity contribution in [2.75, 3.05) is 7.11 Å². The molecule has 0 N–H and O–H groups in total. The maximum Gasteiger partial charge on any atom is 0.363 e. The van der Waals surface area contributed by atoms with E-state index in [0.717, 1.165) is 16.7 Å². The third kappa shape index (κ3) is 5.17. The quantitative estimate of drug-likeness (QED) is 0.272. The van der Waals surface area contributed by atoms with Crippen LogP contribution in [-0.2, 0) is 16.1 Å². The zero-order chi connectivity index (χ0) is 23.5. The number of methoxy groups -OCH3 is 1. The van der Waals surface area contributed by atoms with Gasteiger partial charge in [0.15, 0.2) is 17.2 Å². The van der Waals surface area contributed by atoms with Gasteiger partial charge in [-0.2, -0.15) is 0 Å². The third-order valence-corrected chi connectivity index (χ3v) is 5.94. The van der Waals surface area contributed by atoms with Crippen LogP contribution in [0.4, 0.5) is 0 Å². The van der Waals surface area contributed by atoms with Gasteiger partial charge in [-0.1, -0.05) is 59.1 Å². The molecule has 0 radical (unpaired) electrons. The van der Waals surface area contributed by atoms with Crippen LogP contribution in [-0.4, -0.2) is 19.0 Å². The molecule has 0 bridgehead atoms. The molecule has 5 nitrogen and oxygen atoms in total. The maximum atomic E-state index is 12.4. The van der Waals surface area contributed by atoms with Gasteiger partial charge in [-0.25, -0.2) is 9.79 Å². The number of rotatable bonds is 6. The molecule has 33 heavy (non-hydrogen) atoms. The van der Waals surface area contributed by atoms with E-state index in [1.54, 1.807) is 30.3 Å². The fourth-order valence-electron chi connectivity index (χ4n) is 3.24. The number of hydrogen-bond donors (Lipinski definition) is 0. The maximum absolute atomic E-state index is 12.4. The molecule has 0 atom stereocenters. The Hall–Kier alpha value is -2.99. The Kier molecular flexibility index (Phi) is 6.94. The van der Waals surface area contributed by atoms with E-state index in [9.17, 15) is 4.79 Å². The van der Waals surface area contributed by atoms with E-state index in [4.69, 9.17) is 49.0 Å². The molecule has 3 aromatic carbocycles. The van der Waals surface area contributed by atoms with Crippen LogP contribution in [0.15, 0.2) is 65.3 Å². The highest BCUT2D eigenvalue weighted by atomic mass is 35.5. The Morgan fingerprint density at radius 3 is 2.52 bits per heavy atom. The van der Waals surface area contributed by atoms with Crippen LogP contribution in [0.5, 0.6) is 11.5 Å². The molecule has 8 heteroatoms. The van der Waals surface area contributed by atoms with Gasteiger partial charge in [-0.05, 0) is 60.0 Å². The Balaban J connectivity index is 1.59. The number of benzene rings is 3. The van der Waals surface area contributed by atoms with Crippen LogP contribution in [0, 0.1) is 6.92 Å². The van der Waals surface area contributed by atoms with Crippen LogP contribution in [0.3, 0.4) is 0 Å². The summed E-state index contributed by atoms with van der Waals surface area (Å²) >= 11 is 18.5. The summed E-state index contributed by atoms with van der Waals surface area (Å²) in [4.78, 5) is 16.7. The van der Waals surface area contributed by atoms with Crippen molar-refractivity contribution in [2.24, 2.45) is 4.99 Å². The van der Waals surface area contributed by atoms with Crippen molar-refractivity contribution < 1.29 is 19.0 Å². The topological polar surface area (TPSA) is 57.1 Å². The lowest BCUT2D eigenvalue weighted by Gasteiger charge is -2.14. The zero-order valence-electron chi connectivity index (χ0n) is 17.7. The molecule has 0 aliphatic carbocycles. The summed E-state index contributed by atoms with van der Waals surface area (Å²) in [5.74, 6) is 0.502. The number of aliphatic imine (C=N–C) groups is 1. The molecule has 0 fully saturated rings.